The third-order valence-electron chi connectivity index (χ3n) is 3.97. The van der Waals surface area contributed by atoms with Gasteiger partial charge in [-0.25, -0.2) is 0 Å². The summed E-state index contributed by atoms with van der Waals surface area (Å²) in [6.45, 7) is 2.14. The molecule has 2 rings (SSSR count). The van der Waals surface area contributed by atoms with Crippen LogP contribution in [-0.4, -0.2) is 23.5 Å². The summed E-state index contributed by atoms with van der Waals surface area (Å²) in [4.78, 5) is 2.16. The van der Waals surface area contributed by atoms with Crippen molar-refractivity contribution >= 4 is 0 Å². The van der Waals surface area contributed by atoms with E-state index in [1.54, 1.807) is 0 Å². The first kappa shape index (κ1) is 15.8. The quantitative estimate of drug-likeness (QED) is 0.933. The fourth-order valence-electron chi connectivity index (χ4n) is 2.55. The van der Waals surface area contributed by atoms with Crippen LogP contribution in [0.1, 0.15) is 30.4 Å². The van der Waals surface area contributed by atoms with Gasteiger partial charge in [0.15, 0.2) is 0 Å². The standard InChI is InChI=1S/C15H18F3N3/c16-15(17,18)13-3-1-12(2-4-13)11-21-9-6-14(20,5-8-19)7-10-21/h1-4H,5-7,9-11,20H2. The molecule has 1 saturated heterocycles. The molecule has 2 N–H and O–H groups in total. The van der Waals surface area contributed by atoms with Gasteiger partial charge in [0.2, 0.25) is 0 Å². The minimum absolute atomic E-state index is 0.348. The van der Waals surface area contributed by atoms with E-state index in [9.17, 15) is 13.2 Å². The van der Waals surface area contributed by atoms with Crippen LogP contribution in [0.15, 0.2) is 24.3 Å². The van der Waals surface area contributed by atoms with Crippen molar-refractivity contribution in [2.75, 3.05) is 13.1 Å². The first-order valence-corrected chi connectivity index (χ1v) is 6.87. The van der Waals surface area contributed by atoms with E-state index in [0.29, 0.717) is 13.0 Å². The normalized spacial score (nSPS) is 19.2. The number of nitrogens with two attached hydrogens (primary N) is 1. The highest BCUT2D eigenvalue weighted by Crippen LogP contribution is 2.29. The minimum atomic E-state index is -4.29. The average molecular weight is 297 g/mol. The monoisotopic (exact) mass is 297 g/mol. The molecular formula is C15H18F3N3. The minimum Gasteiger partial charge on any atom is -0.324 e. The summed E-state index contributed by atoms with van der Waals surface area (Å²) < 4.78 is 37.5. The van der Waals surface area contributed by atoms with Crippen molar-refractivity contribution in [1.29, 1.82) is 5.26 Å². The van der Waals surface area contributed by atoms with Crippen LogP contribution in [0, 0.1) is 11.3 Å². The van der Waals surface area contributed by atoms with Gasteiger partial charge >= 0.3 is 6.18 Å². The van der Waals surface area contributed by atoms with Gasteiger partial charge < -0.3 is 5.73 Å². The fraction of sp³-hybridized carbons (Fsp3) is 0.533. The van der Waals surface area contributed by atoms with Crippen LogP contribution in [0.2, 0.25) is 0 Å². The number of hydrogen-bond donors (Lipinski definition) is 1. The van der Waals surface area contributed by atoms with E-state index in [-0.39, 0.29) is 0 Å². The van der Waals surface area contributed by atoms with E-state index < -0.39 is 17.3 Å². The average Bonchev–Trinajstić information content (AvgIpc) is 2.41. The lowest BCUT2D eigenvalue weighted by molar-refractivity contribution is -0.137. The summed E-state index contributed by atoms with van der Waals surface area (Å²) in [6.07, 6.45) is -2.47. The molecule has 0 spiro atoms. The number of nitrogens with zero attached hydrogens (tertiary/aromatic N) is 2. The van der Waals surface area contributed by atoms with Crippen LogP contribution < -0.4 is 5.73 Å². The van der Waals surface area contributed by atoms with Crippen LogP contribution in [-0.2, 0) is 12.7 Å². The highest BCUT2D eigenvalue weighted by atomic mass is 19.4. The van der Waals surface area contributed by atoms with Crippen LogP contribution in [0.25, 0.3) is 0 Å². The van der Waals surface area contributed by atoms with E-state index in [4.69, 9.17) is 11.0 Å². The lowest BCUT2D eigenvalue weighted by Gasteiger charge is -2.37. The van der Waals surface area contributed by atoms with Crippen molar-refractivity contribution in [3.63, 3.8) is 0 Å². The Morgan fingerprint density at radius 3 is 2.24 bits per heavy atom. The summed E-state index contributed by atoms with van der Waals surface area (Å²) in [5.41, 5.74) is 5.94. The highest BCUT2D eigenvalue weighted by Gasteiger charge is 2.31. The molecule has 0 radical (unpaired) electrons. The van der Waals surface area contributed by atoms with Gasteiger partial charge in [0.25, 0.3) is 0 Å². The van der Waals surface area contributed by atoms with Gasteiger partial charge in [0.1, 0.15) is 0 Å². The van der Waals surface area contributed by atoms with Gasteiger partial charge in [0, 0.05) is 25.2 Å². The Kier molecular flexibility index (Phi) is 4.55. The van der Waals surface area contributed by atoms with Crippen molar-refractivity contribution in [3.05, 3.63) is 35.4 Å². The number of rotatable bonds is 3. The van der Waals surface area contributed by atoms with E-state index in [0.717, 1.165) is 43.6 Å². The number of hydrogen-bond acceptors (Lipinski definition) is 3. The molecule has 21 heavy (non-hydrogen) atoms. The van der Waals surface area contributed by atoms with Gasteiger partial charge in [-0.2, -0.15) is 18.4 Å². The van der Waals surface area contributed by atoms with Crippen molar-refractivity contribution in [3.8, 4) is 6.07 Å². The summed E-state index contributed by atoms with van der Waals surface area (Å²) in [7, 11) is 0. The molecule has 6 heteroatoms. The van der Waals surface area contributed by atoms with Crippen molar-refractivity contribution in [2.24, 2.45) is 5.73 Å². The van der Waals surface area contributed by atoms with E-state index in [2.05, 4.69) is 11.0 Å². The predicted molar refractivity (Wildman–Crippen MR) is 73.1 cm³/mol. The predicted octanol–water partition coefficient (Wildman–Crippen LogP) is 2.91. The second kappa shape index (κ2) is 6.04. The van der Waals surface area contributed by atoms with Gasteiger partial charge in [-0.05, 0) is 30.5 Å². The van der Waals surface area contributed by atoms with Crippen molar-refractivity contribution < 1.29 is 13.2 Å². The maximum atomic E-state index is 12.5. The molecule has 1 aromatic carbocycles. The van der Waals surface area contributed by atoms with Gasteiger partial charge in [-0.15, -0.1) is 0 Å². The highest BCUT2D eigenvalue weighted by molar-refractivity contribution is 5.24. The molecule has 1 fully saturated rings. The maximum absolute atomic E-state index is 12.5. The number of halogens is 3. The molecule has 1 aliphatic heterocycles. The Bertz CT molecular complexity index is 508. The summed E-state index contributed by atoms with van der Waals surface area (Å²) in [6, 6.07) is 7.37. The topological polar surface area (TPSA) is 53.1 Å². The number of nitriles is 1. The Balaban J connectivity index is 1.91. The van der Waals surface area contributed by atoms with E-state index in [1.807, 2.05) is 0 Å². The Morgan fingerprint density at radius 2 is 1.76 bits per heavy atom. The van der Waals surface area contributed by atoms with Crippen LogP contribution in [0.5, 0.6) is 0 Å². The van der Waals surface area contributed by atoms with E-state index >= 15 is 0 Å². The fourth-order valence-corrected chi connectivity index (χ4v) is 2.55. The number of benzene rings is 1. The van der Waals surface area contributed by atoms with Crippen LogP contribution in [0.4, 0.5) is 13.2 Å². The molecule has 1 aromatic rings. The summed E-state index contributed by atoms with van der Waals surface area (Å²) in [5.74, 6) is 0. The summed E-state index contributed by atoms with van der Waals surface area (Å²) >= 11 is 0. The molecule has 0 bridgehead atoms. The third-order valence-corrected chi connectivity index (χ3v) is 3.97. The van der Waals surface area contributed by atoms with Crippen molar-refractivity contribution in [1.82, 2.24) is 4.90 Å². The number of piperidine rings is 1. The molecular weight excluding hydrogens is 279 g/mol. The van der Waals surface area contributed by atoms with E-state index in [1.165, 1.54) is 12.1 Å². The molecule has 114 valence electrons. The molecule has 0 unspecified atom stereocenters. The molecule has 3 nitrogen and oxygen atoms in total. The first-order chi connectivity index (χ1) is 9.82. The SMILES string of the molecule is N#CCC1(N)CCN(Cc2ccc(C(F)(F)F)cc2)CC1. The summed E-state index contributed by atoms with van der Waals surface area (Å²) in [5, 5.41) is 8.74. The zero-order chi connectivity index (χ0) is 15.5. The largest absolute Gasteiger partial charge is 0.416 e. The Morgan fingerprint density at radius 1 is 1.19 bits per heavy atom. The second-order valence-electron chi connectivity index (χ2n) is 5.67. The Labute approximate surface area is 122 Å². The molecule has 0 amide bonds. The van der Waals surface area contributed by atoms with Crippen LogP contribution >= 0.6 is 0 Å². The maximum Gasteiger partial charge on any atom is 0.416 e. The Hall–Kier alpha value is -1.58. The smallest absolute Gasteiger partial charge is 0.324 e. The second-order valence-corrected chi connectivity index (χ2v) is 5.67. The number of alkyl halides is 3. The number of likely N-dealkylation sites (tertiary alicyclic amines) is 1. The molecule has 0 aromatic heterocycles. The third kappa shape index (κ3) is 4.19. The lowest BCUT2D eigenvalue weighted by Crippen LogP contribution is -2.49. The van der Waals surface area contributed by atoms with Gasteiger partial charge in [0.05, 0.1) is 18.1 Å². The van der Waals surface area contributed by atoms with Crippen LogP contribution in [0.3, 0.4) is 0 Å². The molecule has 0 aliphatic carbocycles. The van der Waals surface area contributed by atoms with Gasteiger partial charge in [-0.1, -0.05) is 12.1 Å². The molecule has 0 atom stereocenters. The zero-order valence-corrected chi connectivity index (χ0v) is 11.7. The first-order valence-electron chi connectivity index (χ1n) is 6.87. The molecule has 0 saturated carbocycles. The zero-order valence-electron chi connectivity index (χ0n) is 11.7. The van der Waals surface area contributed by atoms with Crippen molar-refractivity contribution in [2.45, 2.75) is 37.5 Å². The molecule has 1 heterocycles. The molecule has 1 aliphatic rings. The van der Waals surface area contributed by atoms with Gasteiger partial charge in [-0.3, -0.25) is 4.90 Å². The lowest BCUT2D eigenvalue weighted by atomic mass is 9.86.